The quantitative estimate of drug-likeness (QED) is 0.755. The van der Waals surface area contributed by atoms with Gasteiger partial charge in [-0.25, -0.2) is 9.97 Å². The third kappa shape index (κ3) is 1.78. The number of hydrogen-bond acceptors (Lipinski definition) is 4. The molecular weight excluding hydrogens is 325 g/mol. The van der Waals surface area contributed by atoms with E-state index in [9.17, 15) is 9.59 Å². The zero-order valence-corrected chi connectivity index (χ0v) is 11.9. The van der Waals surface area contributed by atoms with Gasteiger partial charge in [0.25, 0.3) is 0 Å². The molecule has 100 valence electrons. The summed E-state index contributed by atoms with van der Waals surface area (Å²) in [5, 5.41) is -1.01. The molecule has 3 rings (SSSR count). The molecule has 0 fully saturated rings. The fraction of sp³-hybridized carbons (Fsp3) is 0. The van der Waals surface area contributed by atoms with Crippen molar-refractivity contribution >= 4 is 57.7 Å². The van der Waals surface area contributed by atoms with Crippen LogP contribution in [0.25, 0.3) is 11.4 Å². The molecule has 0 saturated heterocycles. The monoisotopic (exact) mass is 327 g/mol. The van der Waals surface area contributed by atoms with Crippen LogP contribution in [0, 0.1) is 0 Å². The Hall–Kier alpha value is -1.69. The van der Waals surface area contributed by atoms with Gasteiger partial charge in [0.2, 0.25) is 17.3 Å². The maximum absolute atomic E-state index is 12.2. The number of allylic oxidation sites excluding steroid dienone is 4. The molecule has 0 aliphatic heterocycles. The van der Waals surface area contributed by atoms with Crippen LogP contribution in [0.15, 0.2) is 39.8 Å². The van der Waals surface area contributed by atoms with Gasteiger partial charge in [-0.1, -0.05) is 34.8 Å². The fourth-order valence-electron chi connectivity index (χ4n) is 1.86. The van der Waals surface area contributed by atoms with Crippen molar-refractivity contribution in [1.82, 2.24) is 14.4 Å². The minimum Gasteiger partial charge on any atom is -0.287 e. The van der Waals surface area contributed by atoms with E-state index in [2.05, 4.69) is 9.97 Å². The lowest BCUT2D eigenvalue weighted by atomic mass is 10.0. The minimum atomic E-state index is -0.688. The van der Waals surface area contributed by atoms with E-state index in [0.29, 0.717) is 11.5 Å². The molecule has 20 heavy (non-hydrogen) atoms. The van der Waals surface area contributed by atoms with Crippen LogP contribution in [-0.2, 0) is 9.59 Å². The van der Waals surface area contributed by atoms with E-state index in [1.54, 1.807) is 18.5 Å². The Morgan fingerprint density at radius 3 is 2.40 bits per heavy atom. The number of aromatic nitrogens is 3. The van der Waals surface area contributed by atoms with E-state index in [-0.39, 0.29) is 20.7 Å². The van der Waals surface area contributed by atoms with Crippen molar-refractivity contribution in [3.8, 4) is 0 Å². The van der Waals surface area contributed by atoms with Gasteiger partial charge in [0.05, 0.1) is 17.5 Å². The molecule has 0 saturated carbocycles. The predicted molar refractivity (Wildman–Crippen MR) is 74.5 cm³/mol. The van der Waals surface area contributed by atoms with Crippen molar-refractivity contribution in [3.05, 3.63) is 45.4 Å². The molecule has 0 amide bonds. The van der Waals surface area contributed by atoms with Gasteiger partial charge < -0.3 is 0 Å². The van der Waals surface area contributed by atoms with Gasteiger partial charge >= 0.3 is 0 Å². The zero-order valence-electron chi connectivity index (χ0n) is 9.60. The summed E-state index contributed by atoms with van der Waals surface area (Å²) in [5.74, 6) is -0.935. The average molecular weight is 329 g/mol. The summed E-state index contributed by atoms with van der Waals surface area (Å²) in [6.07, 6.45) is 4.60. The van der Waals surface area contributed by atoms with Crippen molar-refractivity contribution in [3.63, 3.8) is 0 Å². The van der Waals surface area contributed by atoms with Crippen LogP contribution in [0.1, 0.15) is 5.69 Å². The summed E-state index contributed by atoms with van der Waals surface area (Å²) in [7, 11) is 0. The number of carbonyl (C=O) groups excluding carboxylic acids is 2. The van der Waals surface area contributed by atoms with Crippen LogP contribution in [0.2, 0.25) is 0 Å². The van der Waals surface area contributed by atoms with Crippen LogP contribution in [0.5, 0.6) is 0 Å². The molecular formula is C12H4Cl3N3O2. The fourth-order valence-corrected chi connectivity index (χ4v) is 2.55. The zero-order chi connectivity index (χ0) is 14.4. The van der Waals surface area contributed by atoms with Crippen molar-refractivity contribution in [2.24, 2.45) is 0 Å². The Balaban J connectivity index is 2.29. The number of nitrogens with zero attached hydrogens (tertiary/aromatic N) is 3. The Bertz CT molecular complexity index is 835. The van der Waals surface area contributed by atoms with Crippen LogP contribution >= 0.6 is 34.8 Å². The molecule has 0 aromatic carbocycles. The van der Waals surface area contributed by atoms with Crippen LogP contribution in [0.3, 0.4) is 0 Å². The molecule has 2 heterocycles. The molecule has 0 N–H and O–H groups in total. The Labute approximate surface area is 127 Å². The molecule has 0 radical (unpaired) electrons. The first-order valence-electron chi connectivity index (χ1n) is 5.35. The van der Waals surface area contributed by atoms with E-state index in [0.717, 1.165) is 0 Å². The van der Waals surface area contributed by atoms with E-state index >= 15 is 0 Å². The lowest BCUT2D eigenvalue weighted by molar-refractivity contribution is -0.114. The first-order chi connectivity index (χ1) is 9.52. The van der Waals surface area contributed by atoms with Crippen LogP contribution in [0.4, 0.5) is 0 Å². The SMILES string of the molecule is O=C1C(Cl)=C(Cl)C(=O)C(c2cnc3ncccn23)=C1Cl. The van der Waals surface area contributed by atoms with Crippen molar-refractivity contribution in [2.45, 2.75) is 0 Å². The largest absolute Gasteiger partial charge is 0.287 e. The maximum Gasteiger partial charge on any atom is 0.234 e. The number of Topliss-reactive ketones (excluding diaryl/α,β-unsaturated/α-hetero) is 2. The Morgan fingerprint density at radius 2 is 1.65 bits per heavy atom. The summed E-state index contributed by atoms with van der Waals surface area (Å²) in [5.41, 5.74) is 0.297. The number of imidazole rings is 1. The smallest absolute Gasteiger partial charge is 0.234 e. The first kappa shape index (κ1) is 13.3. The molecule has 1 aliphatic carbocycles. The van der Waals surface area contributed by atoms with Gasteiger partial charge in [0.1, 0.15) is 15.1 Å². The summed E-state index contributed by atoms with van der Waals surface area (Å²) in [6.45, 7) is 0. The standard InChI is InChI=1S/C12H4Cl3N3O2/c13-7-6(10(19)8(14)9(15)11(7)20)5-4-17-12-16-2-1-3-18(5)12/h1-4H. The Kier molecular flexibility index (Phi) is 3.12. The molecule has 8 heteroatoms. The minimum absolute atomic E-state index is 0.0356. The van der Waals surface area contributed by atoms with E-state index in [4.69, 9.17) is 34.8 Å². The van der Waals surface area contributed by atoms with Gasteiger partial charge in [-0.15, -0.1) is 0 Å². The molecule has 2 aromatic rings. The number of fused-ring (bicyclic) bond motifs is 1. The van der Waals surface area contributed by atoms with E-state index in [1.807, 2.05) is 0 Å². The number of carbonyl (C=O) groups is 2. The van der Waals surface area contributed by atoms with Crippen LogP contribution < -0.4 is 0 Å². The number of ketones is 2. The Morgan fingerprint density at radius 1 is 0.950 bits per heavy atom. The summed E-state index contributed by atoms with van der Waals surface area (Å²) < 4.78 is 1.53. The van der Waals surface area contributed by atoms with E-state index < -0.39 is 11.6 Å². The number of hydrogen-bond donors (Lipinski definition) is 0. The summed E-state index contributed by atoms with van der Waals surface area (Å²) >= 11 is 17.4. The normalized spacial score (nSPS) is 16.6. The molecule has 0 spiro atoms. The highest BCUT2D eigenvalue weighted by atomic mass is 35.5. The second-order valence-corrected chi connectivity index (χ2v) is 5.04. The highest BCUT2D eigenvalue weighted by Crippen LogP contribution is 2.36. The topological polar surface area (TPSA) is 64.3 Å². The summed E-state index contributed by atoms with van der Waals surface area (Å²) in [6, 6.07) is 1.66. The highest BCUT2D eigenvalue weighted by Gasteiger charge is 2.34. The van der Waals surface area contributed by atoms with Gasteiger partial charge in [0, 0.05) is 12.4 Å². The predicted octanol–water partition coefficient (Wildman–Crippen LogP) is 2.52. The van der Waals surface area contributed by atoms with Gasteiger partial charge in [0.15, 0.2) is 0 Å². The summed E-state index contributed by atoms with van der Waals surface area (Å²) in [4.78, 5) is 32.1. The third-order valence-corrected chi connectivity index (χ3v) is 3.96. The number of rotatable bonds is 1. The highest BCUT2D eigenvalue weighted by molar-refractivity contribution is 6.68. The second kappa shape index (κ2) is 4.70. The molecule has 5 nitrogen and oxygen atoms in total. The first-order valence-corrected chi connectivity index (χ1v) is 6.48. The van der Waals surface area contributed by atoms with Gasteiger partial charge in [-0.2, -0.15) is 0 Å². The van der Waals surface area contributed by atoms with Gasteiger partial charge in [-0.05, 0) is 6.07 Å². The molecule has 0 unspecified atom stereocenters. The second-order valence-electron chi connectivity index (χ2n) is 3.91. The third-order valence-electron chi connectivity index (χ3n) is 2.78. The molecule has 2 aromatic heterocycles. The van der Waals surface area contributed by atoms with E-state index in [1.165, 1.54) is 10.6 Å². The van der Waals surface area contributed by atoms with Crippen molar-refractivity contribution < 1.29 is 9.59 Å². The lowest BCUT2D eigenvalue weighted by Gasteiger charge is -2.14. The van der Waals surface area contributed by atoms with Crippen molar-refractivity contribution in [1.29, 1.82) is 0 Å². The molecule has 0 bridgehead atoms. The van der Waals surface area contributed by atoms with Crippen LogP contribution in [-0.4, -0.2) is 25.9 Å². The average Bonchev–Trinajstić information content (AvgIpc) is 2.87. The maximum atomic E-state index is 12.2. The lowest BCUT2D eigenvalue weighted by Crippen LogP contribution is -2.17. The van der Waals surface area contributed by atoms with Crippen molar-refractivity contribution in [2.75, 3.05) is 0 Å². The number of halogens is 3. The molecule has 1 aliphatic rings. The molecule has 0 atom stereocenters. The van der Waals surface area contributed by atoms with Gasteiger partial charge in [-0.3, -0.25) is 14.0 Å².